The van der Waals surface area contributed by atoms with Crippen molar-refractivity contribution < 1.29 is 0 Å². The van der Waals surface area contributed by atoms with Crippen LogP contribution in [0.25, 0.3) is 20.4 Å². The molecule has 0 spiro atoms. The molecule has 0 aliphatic carbocycles. The predicted molar refractivity (Wildman–Crippen MR) is 48.0 cm³/mol. The Hall–Kier alpha value is -1.22. The van der Waals surface area contributed by atoms with Gasteiger partial charge in [-0.15, -0.1) is 11.3 Å². The maximum atomic E-state index is 3.21. The molecule has 0 saturated carbocycles. The number of rotatable bonds is 0. The molecule has 0 aliphatic heterocycles. The smallest absolute Gasteiger partial charge is 0.0809 e. The van der Waals surface area contributed by atoms with E-state index in [2.05, 4.69) is 22.1 Å². The second-order valence-electron chi connectivity index (χ2n) is 2.54. The van der Waals surface area contributed by atoms with E-state index < -0.39 is 0 Å². The molecule has 0 aliphatic rings. The highest BCUT2D eigenvalue weighted by Crippen LogP contribution is 2.31. The Kier molecular flexibility index (Phi) is 0.830. The minimum atomic E-state index is 1.23. The van der Waals surface area contributed by atoms with Crippen LogP contribution >= 0.6 is 11.3 Å². The second-order valence-corrected chi connectivity index (χ2v) is 3.62. The maximum absolute atomic E-state index is 3.21. The van der Waals surface area contributed by atoms with E-state index in [1.165, 1.54) is 20.4 Å². The summed E-state index contributed by atoms with van der Waals surface area (Å²) in [5.74, 6) is 0. The first-order valence-electron chi connectivity index (χ1n) is 3.48. The van der Waals surface area contributed by atoms with Crippen LogP contribution in [0.3, 0.4) is 0 Å². The summed E-state index contributed by atoms with van der Waals surface area (Å²) < 4.78 is 2.65. The molecule has 2 nitrogen and oxygen atoms in total. The van der Waals surface area contributed by atoms with Crippen LogP contribution in [0.5, 0.6) is 0 Å². The normalized spacial score (nSPS) is 11.6. The summed E-state index contributed by atoms with van der Waals surface area (Å²) in [5, 5.41) is 0. The lowest BCUT2D eigenvalue weighted by atomic mass is 10.4. The van der Waals surface area contributed by atoms with Crippen LogP contribution in [0, 0.1) is 0 Å². The van der Waals surface area contributed by atoms with Crippen molar-refractivity contribution in [2.24, 2.45) is 0 Å². The second kappa shape index (κ2) is 1.68. The minimum absolute atomic E-state index is 1.23. The van der Waals surface area contributed by atoms with E-state index in [0.717, 1.165) is 0 Å². The van der Waals surface area contributed by atoms with Gasteiger partial charge in [-0.2, -0.15) is 0 Å². The summed E-state index contributed by atoms with van der Waals surface area (Å²) in [6, 6.07) is 4.21. The number of nitrogens with one attached hydrogen (secondary N) is 2. The molecule has 0 saturated heterocycles. The average molecular weight is 162 g/mol. The van der Waals surface area contributed by atoms with Gasteiger partial charge >= 0.3 is 0 Å². The predicted octanol–water partition coefficient (Wildman–Crippen LogP) is 2.71. The number of hydrogen-bond donors (Lipinski definition) is 2. The third-order valence-corrected chi connectivity index (χ3v) is 3.01. The highest BCUT2D eigenvalue weighted by atomic mass is 32.1. The number of aromatic amines is 2. The largest absolute Gasteiger partial charge is 0.359 e. The molecule has 0 amide bonds. The lowest BCUT2D eigenvalue weighted by molar-refractivity contribution is 1.45. The standard InChI is InChI=1S/C8H6N2S/c1-3-9-7-5(1)11-6-2-4-10-8(6)7/h1-4,9-10H. The third kappa shape index (κ3) is 0.563. The Morgan fingerprint density at radius 1 is 0.909 bits per heavy atom. The van der Waals surface area contributed by atoms with Gasteiger partial charge in [0.2, 0.25) is 0 Å². The van der Waals surface area contributed by atoms with Crippen LogP contribution in [0.1, 0.15) is 0 Å². The van der Waals surface area contributed by atoms with Crippen LogP contribution in [0.2, 0.25) is 0 Å². The van der Waals surface area contributed by atoms with Crippen molar-refractivity contribution in [3.8, 4) is 0 Å². The van der Waals surface area contributed by atoms with E-state index >= 15 is 0 Å². The number of hydrogen-bond acceptors (Lipinski definition) is 1. The number of fused-ring (bicyclic) bond motifs is 3. The lowest BCUT2D eigenvalue weighted by Crippen LogP contribution is -1.61. The third-order valence-electron chi connectivity index (χ3n) is 1.89. The SMILES string of the molecule is c1cc2sc3cc[nH]c3c2[nH]1. The number of thiophene rings is 1. The molecule has 0 bridgehead atoms. The Bertz CT molecular complexity index is 455. The first kappa shape index (κ1) is 5.43. The fraction of sp³-hybridized carbons (Fsp3) is 0. The summed E-state index contributed by atoms with van der Waals surface area (Å²) in [4.78, 5) is 6.42. The van der Waals surface area contributed by atoms with Gasteiger partial charge in [0.05, 0.1) is 20.4 Å². The molecular formula is C8H6N2S. The molecular weight excluding hydrogens is 156 g/mol. The van der Waals surface area contributed by atoms with Crippen LogP contribution in [-0.4, -0.2) is 9.97 Å². The van der Waals surface area contributed by atoms with Gasteiger partial charge in [-0.1, -0.05) is 0 Å². The van der Waals surface area contributed by atoms with Gasteiger partial charge in [0.25, 0.3) is 0 Å². The van der Waals surface area contributed by atoms with Gasteiger partial charge in [-0.25, -0.2) is 0 Å². The molecule has 3 aromatic rings. The zero-order chi connectivity index (χ0) is 7.26. The van der Waals surface area contributed by atoms with Gasteiger partial charge in [-0.3, -0.25) is 0 Å². The van der Waals surface area contributed by atoms with Crippen LogP contribution in [0.4, 0.5) is 0 Å². The average Bonchev–Trinajstić information content (AvgIpc) is 2.52. The number of aromatic nitrogens is 2. The van der Waals surface area contributed by atoms with Crippen molar-refractivity contribution >= 4 is 31.8 Å². The summed E-state index contributed by atoms with van der Waals surface area (Å²) in [5.41, 5.74) is 2.46. The topological polar surface area (TPSA) is 31.6 Å². The summed E-state index contributed by atoms with van der Waals surface area (Å²) in [6.07, 6.45) is 3.95. The van der Waals surface area contributed by atoms with E-state index in [0.29, 0.717) is 0 Å². The van der Waals surface area contributed by atoms with Crippen molar-refractivity contribution in [2.75, 3.05) is 0 Å². The monoisotopic (exact) mass is 162 g/mol. The maximum Gasteiger partial charge on any atom is 0.0809 e. The molecule has 0 radical (unpaired) electrons. The van der Waals surface area contributed by atoms with Gasteiger partial charge in [-0.05, 0) is 12.1 Å². The zero-order valence-electron chi connectivity index (χ0n) is 5.72. The number of H-pyrrole nitrogens is 2. The van der Waals surface area contributed by atoms with Gasteiger partial charge in [0, 0.05) is 12.4 Å². The Labute approximate surface area is 66.9 Å². The highest BCUT2D eigenvalue weighted by molar-refractivity contribution is 7.25. The molecule has 3 aromatic heterocycles. The highest BCUT2D eigenvalue weighted by Gasteiger charge is 2.04. The zero-order valence-corrected chi connectivity index (χ0v) is 6.53. The fourth-order valence-electron chi connectivity index (χ4n) is 1.39. The molecule has 3 heteroatoms. The molecule has 0 fully saturated rings. The summed E-state index contributed by atoms with van der Waals surface area (Å²) in [7, 11) is 0. The van der Waals surface area contributed by atoms with Crippen LogP contribution in [-0.2, 0) is 0 Å². The molecule has 0 atom stereocenters. The molecule has 0 aromatic carbocycles. The lowest BCUT2D eigenvalue weighted by Gasteiger charge is -1.76. The van der Waals surface area contributed by atoms with Crippen molar-refractivity contribution in [1.29, 1.82) is 0 Å². The van der Waals surface area contributed by atoms with Crippen molar-refractivity contribution in [1.82, 2.24) is 9.97 Å². The van der Waals surface area contributed by atoms with Gasteiger partial charge in [0.1, 0.15) is 0 Å². The summed E-state index contributed by atoms with van der Waals surface area (Å²) >= 11 is 1.81. The first-order chi connectivity index (χ1) is 5.45. The summed E-state index contributed by atoms with van der Waals surface area (Å²) in [6.45, 7) is 0. The first-order valence-corrected chi connectivity index (χ1v) is 4.30. The van der Waals surface area contributed by atoms with Crippen LogP contribution in [0.15, 0.2) is 24.5 Å². The van der Waals surface area contributed by atoms with Gasteiger partial charge in [0.15, 0.2) is 0 Å². The quantitative estimate of drug-likeness (QED) is 0.509. The molecule has 3 rings (SSSR count). The Morgan fingerprint density at radius 2 is 1.45 bits per heavy atom. The van der Waals surface area contributed by atoms with E-state index in [1.807, 2.05) is 23.7 Å². The van der Waals surface area contributed by atoms with E-state index in [4.69, 9.17) is 0 Å². The molecule has 3 heterocycles. The van der Waals surface area contributed by atoms with E-state index in [1.54, 1.807) is 0 Å². The van der Waals surface area contributed by atoms with Crippen molar-refractivity contribution in [2.45, 2.75) is 0 Å². The van der Waals surface area contributed by atoms with Crippen molar-refractivity contribution in [3.63, 3.8) is 0 Å². The Balaban J connectivity index is 2.75. The van der Waals surface area contributed by atoms with E-state index in [-0.39, 0.29) is 0 Å². The molecule has 54 valence electrons. The minimum Gasteiger partial charge on any atom is -0.359 e. The van der Waals surface area contributed by atoms with Gasteiger partial charge < -0.3 is 9.97 Å². The van der Waals surface area contributed by atoms with E-state index in [9.17, 15) is 0 Å². The molecule has 0 unspecified atom stereocenters. The van der Waals surface area contributed by atoms with Crippen molar-refractivity contribution in [3.05, 3.63) is 24.5 Å². The Morgan fingerprint density at radius 3 is 2.00 bits per heavy atom. The molecule has 2 N–H and O–H groups in total. The van der Waals surface area contributed by atoms with Crippen LogP contribution < -0.4 is 0 Å². The fourth-order valence-corrected chi connectivity index (χ4v) is 2.42. The molecule has 11 heavy (non-hydrogen) atoms.